The lowest BCUT2D eigenvalue weighted by atomic mass is 10.4. The molecule has 1 rings (SSSR count). The number of nitrogens with zero attached hydrogens (tertiary/aromatic N) is 1. The number of hydrogen-bond donors (Lipinski definition) is 2. The smallest absolute Gasteiger partial charge is 0.215 e. The number of ether oxygens (including phenoxy) is 1. The van der Waals surface area contributed by atoms with Gasteiger partial charge in [0, 0.05) is 6.07 Å². The Morgan fingerprint density at radius 3 is 3.00 bits per heavy atom. The Labute approximate surface area is 63.2 Å². The van der Waals surface area contributed by atoms with Gasteiger partial charge in [0.25, 0.3) is 0 Å². The molecule has 0 amide bonds. The van der Waals surface area contributed by atoms with Crippen LogP contribution in [0.15, 0.2) is 12.3 Å². The quantitative estimate of drug-likeness (QED) is 0.485. The maximum atomic E-state index is 12.6. The van der Waals surface area contributed by atoms with Crippen LogP contribution < -0.4 is 16.0 Å². The van der Waals surface area contributed by atoms with Gasteiger partial charge in [-0.2, -0.15) is 0 Å². The summed E-state index contributed by atoms with van der Waals surface area (Å²) in [4.78, 5) is 3.61. The van der Waals surface area contributed by atoms with Crippen molar-refractivity contribution in [2.24, 2.45) is 5.84 Å². The van der Waals surface area contributed by atoms with Crippen molar-refractivity contribution in [1.82, 2.24) is 4.98 Å². The molecule has 0 aliphatic carbocycles. The maximum Gasteiger partial charge on any atom is 0.215 e. The van der Waals surface area contributed by atoms with Gasteiger partial charge in [0.15, 0.2) is 5.82 Å². The first-order chi connectivity index (χ1) is 5.27. The Morgan fingerprint density at radius 2 is 2.45 bits per heavy atom. The molecule has 1 aromatic rings. The van der Waals surface area contributed by atoms with E-state index in [9.17, 15) is 4.39 Å². The van der Waals surface area contributed by atoms with E-state index in [0.717, 1.165) is 6.20 Å². The van der Waals surface area contributed by atoms with Crippen molar-refractivity contribution in [2.45, 2.75) is 0 Å². The molecule has 4 nitrogen and oxygen atoms in total. The van der Waals surface area contributed by atoms with Gasteiger partial charge in [-0.1, -0.05) is 0 Å². The highest BCUT2D eigenvalue weighted by Crippen LogP contribution is 2.16. The molecule has 0 aliphatic rings. The van der Waals surface area contributed by atoms with Crippen molar-refractivity contribution in [1.29, 1.82) is 0 Å². The molecule has 1 aromatic heterocycles. The number of nitrogen functional groups attached to an aromatic ring is 1. The highest BCUT2D eigenvalue weighted by molar-refractivity contribution is 5.45. The molecule has 0 radical (unpaired) electrons. The molecular formula is C6H8FN3O. The Hall–Kier alpha value is -1.36. The van der Waals surface area contributed by atoms with Gasteiger partial charge in [-0.3, -0.25) is 5.84 Å². The molecule has 0 aliphatic heterocycles. The van der Waals surface area contributed by atoms with Crippen LogP contribution in [-0.2, 0) is 0 Å². The Morgan fingerprint density at radius 1 is 1.73 bits per heavy atom. The minimum Gasteiger partial charge on any atom is -0.481 e. The summed E-state index contributed by atoms with van der Waals surface area (Å²) in [5.74, 6) is 4.81. The fraction of sp³-hybridized carbons (Fsp3) is 0.167. The van der Waals surface area contributed by atoms with E-state index in [1.165, 1.54) is 13.2 Å². The number of methoxy groups -OCH3 is 1. The van der Waals surface area contributed by atoms with Crippen molar-refractivity contribution in [3.05, 3.63) is 18.1 Å². The number of aromatic nitrogens is 1. The molecular weight excluding hydrogens is 149 g/mol. The van der Waals surface area contributed by atoms with Crippen LogP contribution in [0.25, 0.3) is 0 Å². The van der Waals surface area contributed by atoms with E-state index >= 15 is 0 Å². The van der Waals surface area contributed by atoms with Gasteiger partial charge in [0.05, 0.1) is 19.0 Å². The zero-order chi connectivity index (χ0) is 8.27. The number of halogens is 1. The summed E-state index contributed by atoms with van der Waals surface area (Å²) < 4.78 is 17.4. The number of rotatable bonds is 2. The highest BCUT2D eigenvalue weighted by Gasteiger charge is 2.01. The third kappa shape index (κ3) is 1.56. The highest BCUT2D eigenvalue weighted by atomic mass is 19.1. The van der Waals surface area contributed by atoms with Gasteiger partial charge in [0.1, 0.15) is 0 Å². The van der Waals surface area contributed by atoms with E-state index < -0.39 is 5.82 Å². The van der Waals surface area contributed by atoms with E-state index in [0.29, 0.717) is 5.88 Å². The van der Waals surface area contributed by atoms with Gasteiger partial charge < -0.3 is 10.2 Å². The fourth-order valence-corrected chi connectivity index (χ4v) is 0.642. The molecule has 0 aromatic carbocycles. The summed E-state index contributed by atoms with van der Waals surface area (Å²) in [6.07, 6.45) is 1.04. The molecule has 60 valence electrons. The van der Waals surface area contributed by atoms with Crippen molar-refractivity contribution in [3.8, 4) is 5.88 Å². The first kappa shape index (κ1) is 7.74. The molecule has 0 fully saturated rings. The summed E-state index contributed by atoms with van der Waals surface area (Å²) in [6.45, 7) is 0. The van der Waals surface area contributed by atoms with E-state index in [-0.39, 0.29) is 5.69 Å². The van der Waals surface area contributed by atoms with Crippen LogP contribution in [-0.4, -0.2) is 12.1 Å². The van der Waals surface area contributed by atoms with Gasteiger partial charge in [-0.15, -0.1) is 0 Å². The number of pyridine rings is 1. The predicted octanol–water partition coefficient (Wildman–Crippen LogP) is 0.515. The van der Waals surface area contributed by atoms with Crippen LogP contribution in [0.5, 0.6) is 5.88 Å². The lowest BCUT2D eigenvalue weighted by Crippen LogP contribution is -2.09. The largest absolute Gasteiger partial charge is 0.481 e. The Kier molecular flexibility index (Phi) is 2.22. The van der Waals surface area contributed by atoms with Gasteiger partial charge >= 0.3 is 0 Å². The molecule has 0 bridgehead atoms. The van der Waals surface area contributed by atoms with E-state index in [4.69, 9.17) is 10.6 Å². The molecule has 0 unspecified atom stereocenters. The number of hydrogen-bond acceptors (Lipinski definition) is 4. The van der Waals surface area contributed by atoms with E-state index in [1.807, 2.05) is 0 Å². The molecule has 0 saturated carbocycles. The topological polar surface area (TPSA) is 60.2 Å². The third-order valence-corrected chi connectivity index (χ3v) is 1.19. The van der Waals surface area contributed by atoms with Gasteiger partial charge in [-0.25, -0.2) is 9.37 Å². The molecule has 3 N–H and O–H groups in total. The first-order valence-corrected chi connectivity index (χ1v) is 2.94. The fourth-order valence-electron chi connectivity index (χ4n) is 0.642. The standard InChI is InChI=1S/C6H8FN3O/c1-11-6-2-5(10-8)4(7)3-9-6/h2-3H,8H2,1H3,(H,9,10). The summed E-state index contributed by atoms with van der Waals surface area (Å²) >= 11 is 0. The van der Waals surface area contributed by atoms with E-state index in [2.05, 4.69) is 10.4 Å². The van der Waals surface area contributed by atoms with Crippen LogP contribution >= 0.6 is 0 Å². The molecule has 1 heterocycles. The Balaban J connectivity index is 3.02. The molecule has 0 spiro atoms. The van der Waals surface area contributed by atoms with Crippen molar-refractivity contribution in [3.63, 3.8) is 0 Å². The second kappa shape index (κ2) is 3.16. The lowest BCUT2D eigenvalue weighted by molar-refractivity contribution is 0.396. The minimum absolute atomic E-state index is 0.164. The zero-order valence-corrected chi connectivity index (χ0v) is 5.97. The second-order valence-corrected chi connectivity index (χ2v) is 1.85. The van der Waals surface area contributed by atoms with Crippen LogP contribution in [0.3, 0.4) is 0 Å². The number of hydrazine groups is 1. The van der Waals surface area contributed by atoms with Crippen molar-refractivity contribution in [2.75, 3.05) is 12.5 Å². The third-order valence-electron chi connectivity index (χ3n) is 1.19. The second-order valence-electron chi connectivity index (χ2n) is 1.85. The van der Waals surface area contributed by atoms with E-state index in [1.54, 1.807) is 0 Å². The monoisotopic (exact) mass is 157 g/mol. The summed E-state index contributed by atoms with van der Waals surface area (Å²) in [5.41, 5.74) is 2.34. The predicted molar refractivity (Wildman–Crippen MR) is 38.6 cm³/mol. The molecule has 0 atom stereocenters. The summed E-state index contributed by atoms with van der Waals surface area (Å²) in [6, 6.07) is 1.37. The van der Waals surface area contributed by atoms with Crippen LogP contribution in [0.2, 0.25) is 0 Å². The Bertz CT molecular complexity index is 254. The van der Waals surface area contributed by atoms with Crippen LogP contribution in [0.1, 0.15) is 0 Å². The van der Waals surface area contributed by atoms with Crippen LogP contribution in [0, 0.1) is 5.82 Å². The lowest BCUT2D eigenvalue weighted by Gasteiger charge is -2.02. The number of nitrogens with two attached hydrogens (primary N) is 1. The van der Waals surface area contributed by atoms with Gasteiger partial charge in [0.2, 0.25) is 5.88 Å². The first-order valence-electron chi connectivity index (χ1n) is 2.94. The number of anilines is 1. The minimum atomic E-state index is -0.506. The van der Waals surface area contributed by atoms with Crippen molar-refractivity contribution < 1.29 is 9.13 Å². The number of nitrogens with one attached hydrogen (secondary N) is 1. The molecule has 11 heavy (non-hydrogen) atoms. The summed E-state index contributed by atoms with van der Waals surface area (Å²) in [7, 11) is 1.44. The van der Waals surface area contributed by atoms with Gasteiger partial charge in [-0.05, 0) is 0 Å². The normalized spacial score (nSPS) is 9.36. The average molecular weight is 157 g/mol. The van der Waals surface area contributed by atoms with Crippen molar-refractivity contribution >= 4 is 5.69 Å². The maximum absolute atomic E-state index is 12.6. The molecule has 0 saturated heterocycles. The molecule has 5 heteroatoms. The SMILES string of the molecule is COc1cc(NN)c(F)cn1. The van der Waals surface area contributed by atoms with Crippen LogP contribution in [0.4, 0.5) is 10.1 Å². The zero-order valence-electron chi connectivity index (χ0n) is 5.97. The average Bonchev–Trinajstić information content (AvgIpc) is 2.05. The summed E-state index contributed by atoms with van der Waals surface area (Å²) in [5, 5.41) is 0.